The fraction of sp³-hybridized carbons (Fsp3) is 0.368. The van der Waals surface area contributed by atoms with Crippen molar-refractivity contribution in [3.05, 3.63) is 41.9 Å². The first-order valence-corrected chi connectivity index (χ1v) is 8.68. The maximum Gasteiger partial charge on any atom is 0.227 e. The number of anilines is 1. The smallest absolute Gasteiger partial charge is 0.227 e. The third-order valence-electron chi connectivity index (χ3n) is 4.04. The van der Waals surface area contributed by atoms with Gasteiger partial charge < -0.3 is 14.6 Å². The van der Waals surface area contributed by atoms with Crippen LogP contribution in [0.1, 0.15) is 38.8 Å². The Morgan fingerprint density at radius 2 is 2.00 bits per heavy atom. The van der Waals surface area contributed by atoms with Crippen molar-refractivity contribution in [2.75, 3.05) is 12.4 Å². The third-order valence-corrected chi connectivity index (χ3v) is 4.04. The summed E-state index contributed by atoms with van der Waals surface area (Å²) in [7, 11) is 1.61. The molecule has 0 radical (unpaired) electrons. The van der Waals surface area contributed by atoms with Gasteiger partial charge in [0.2, 0.25) is 17.6 Å². The lowest BCUT2D eigenvalue weighted by Gasteiger charge is -2.14. The van der Waals surface area contributed by atoms with Crippen molar-refractivity contribution >= 4 is 11.7 Å². The second kappa shape index (κ2) is 7.61. The molecule has 0 unspecified atom stereocenters. The quantitative estimate of drug-likeness (QED) is 0.690. The van der Waals surface area contributed by atoms with E-state index in [1.807, 2.05) is 30.3 Å². The van der Waals surface area contributed by atoms with Gasteiger partial charge in [-0.1, -0.05) is 25.9 Å². The van der Waals surface area contributed by atoms with Crippen LogP contribution < -0.4 is 10.1 Å². The zero-order chi connectivity index (χ0) is 19.4. The van der Waals surface area contributed by atoms with Gasteiger partial charge in [-0.15, -0.1) is 0 Å². The Balaban J connectivity index is 1.54. The number of benzene rings is 1. The van der Waals surface area contributed by atoms with Gasteiger partial charge in [-0.2, -0.15) is 10.1 Å². The highest BCUT2D eigenvalue weighted by Crippen LogP contribution is 2.22. The number of H-pyrrole nitrogens is 1. The van der Waals surface area contributed by atoms with Gasteiger partial charge in [-0.05, 0) is 24.3 Å². The highest BCUT2D eigenvalue weighted by Gasteiger charge is 2.17. The Hall–Kier alpha value is -3.16. The van der Waals surface area contributed by atoms with E-state index in [2.05, 4.69) is 46.4 Å². The van der Waals surface area contributed by atoms with Crippen LogP contribution in [0.15, 0.2) is 34.9 Å². The zero-order valence-corrected chi connectivity index (χ0v) is 15.9. The van der Waals surface area contributed by atoms with Gasteiger partial charge in [0.15, 0.2) is 5.82 Å². The number of aromatic amines is 1. The summed E-state index contributed by atoms with van der Waals surface area (Å²) in [6.07, 6.45) is 0.577. The third kappa shape index (κ3) is 4.72. The fourth-order valence-electron chi connectivity index (χ4n) is 2.41. The molecule has 0 saturated heterocycles. The predicted molar refractivity (Wildman–Crippen MR) is 101 cm³/mol. The van der Waals surface area contributed by atoms with E-state index < -0.39 is 0 Å². The van der Waals surface area contributed by atoms with Crippen molar-refractivity contribution in [3.63, 3.8) is 0 Å². The monoisotopic (exact) mass is 369 g/mol. The van der Waals surface area contributed by atoms with E-state index in [0.717, 1.165) is 17.0 Å². The van der Waals surface area contributed by atoms with E-state index in [1.165, 1.54) is 0 Å². The average molecular weight is 369 g/mol. The molecule has 0 saturated carbocycles. The molecule has 1 aromatic carbocycles. The molecule has 0 fully saturated rings. The van der Waals surface area contributed by atoms with Crippen molar-refractivity contribution in [2.45, 2.75) is 39.0 Å². The van der Waals surface area contributed by atoms with Crippen molar-refractivity contribution in [1.29, 1.82) is 0 Å². The largest absolute Gasteiger partial charge is 0.497 e. The number of nitrogens with one attached hydrogen (secondary N) is 2. The number of ether oxygens (including phenoxy) is 1. The minimum absolute atomic E-state index is 0.0579. The van der Waals surface area contributed by atoms with E-state index in [9.17, 15) is 4.79 Å². The lowest BCUT2D eigenvalue weighted by Crippen LogP contribution is -2.13. The Morgan fingerprint density at radius 3 is 2.63 bits per heavy atom. The maximum absolute atomic E-state index is 12.1. The molecule has 1 amide bonds. The number of methoxy groups -OCH3 is 1. The molecular formula is C19H23N5O3. The number of aromatic nitrogens is 4. The Morgan fingerprint density at radius 1 is 1.26 bits per heavy atom. The molecule has 0 aliphatic carbocycles. The van der Waals surface area contributed by atoms with Crippen LogP contribution in [0.2, 0.25) is 0 Å². The van der Waals surface area contributed by atoms with E-state index >= 15 is 0 Å². The summed E-state index contributed by atoms with van der Waals surface area (Å²) in [4.78, 5) is 16.5. The van der Waals surface area contributed by atoms with E-state index in [0.29, 0.717) is 24.0 Å². The predicted octanol–water partition coefficient (Wildman–Crippen LogP) is 3.34. The summed E-state index contributed by atoms with van der Waals surface area (Å²) in [6.45, 7) is 6.21. The van der Waals surface area contributed by atoms with Crippen LogP contribution in [-0.2, 0) is 16.6 Å². The number of carbonyl (C=O) groups excluding carboxylic acids is 1. The van der Waals surface area contributed by atoms with Crippen LogP contribution in [0.25, 0.3) is 11.4 Å². The second-order valence-corrected chi connectivity index (χ2v) is 7.21. The highest BCUT2D eigenvalue weighted by molar-refractivity contribution is 5.89. The summed E-state index contributed by atoms with van der Waals surface area (Å²) in [5.74, 6) is 2.00. The molecule has 0 aliphatic rings. The standard InChI is InChI=1S/C19H23N5O3/c1-19(2,3)14-11-15(23-22-14)20-16(25)9-10-17-21-18(24-27-17)12-5-7-13(26-4)8-6-12/h5-8,11H,9-10H2,1-4H3,(H2,20,22,23,25). The van der Waals surface area contributed by atoms with Crippen LogP contribution >= 0.6 is 0 Å². The summed E-state index contributed by atoms with van der Waals surface area (Å²) in [5, 5.41) is 13.8. The SMILES string of the molecule is COc1ccc(-c2noc(CCC(=O)Nc3cc(C(C)(C)C)[nH]n3)n2)cc1. The fourth-order valence-corrected chi connectivity index (χ4v) is 2.41. The van der Waals surface area contributed by atoms with Gasteiger partial charge in [0.05, 0.1) is 7.11 Å². The van der Waals surface area contributed by atoms with Crippen molar-refractivity contribution in [3.8, 4) is 17.1 Å². The highest BCUT2D eigenvalue weighted by atomic mass is 16.5. The van der Waals surface area contributed by atoms with Gasteiger partial charge in [0.1, 0.15) is 5.75 Å². The molecule has 2 N–H and O–H groups in total. The molecule has 142 valence electrons. The van der Waals surface area contributed by atoms with Crippen LogP contribution in [0.3, 0.4) is 0 Å². The molecule has 27 heavy (non-hydrogen) atoms. The van der Waals surface area contributed by atoms with Crippen molar-refractivity contribution in [2.24, 2.45) is 0 Å². The van der Waals surface area contributed by atoms with Crippen LogP contribution in [0.5, 0.6) is 5.75 Å². The van der Waals surface area contributed by atoms with Gasteiger partial charge in [-0.3, -0.25) is 9.89 Å². The molecule has 2 aromatic heterocycles. The van der Waals surface area contributed by atoms with Crippen LogP contribution in [-0.4, -0.2) is 33.4 Å². The van der Waals surface area contributed by atoms with Gasteiger partial charge in [0, 0.05) is 35.6 Å². The Labute approximate surface area is 157 Å². The number of hydrogen-bond acceptors (Lipinski definition) is 6. The topological polar surface area (TPSA) is 106 Å². The summed E-state index contributed by atoms with van der Waals surface area (Å²) in [6, 6.07) is 9.20. The molecule has 2 heterocycles. The number of carbonyl (C=O) groups is 1. The normalized spacial score (nSPS) is 11.4. The summed E-state index contributed by atoms with van der Waals surface area (Å²) >= 11 is 0. The number of amides is 1. The lowest BCUT2D eigenvalue weighted by molar-refractivity contribution is -0.116. The first-order valence-electron chi connectivity index (χ1n) is 8.68. The summed E-state index contributed by atoms with van der Waals surface area (Å²) < 4.78 is 10.4. The first kappa shape index (κ1) is 18.6. The minimum atomic E-state index is -0.161. The molecule has 3 rings (SSSR count). The summed E-state index contributed by atoms with van der Waals surface area (Å²) in [5.41, 5.74) is 1.72. The van der Waals surface area contributed by atoms with E-state index in [4.69, 9.17) is 9.26 Å². The lowest BCUT2D eigenvalue weighted by atomic mass is 9.92. The zero-order valence-electron chi connectivity index (χ0n) is 15.9. The molecule has 0 aliphatic heterocycles. The first-order chi connectivity index (χ1) is 12.8. The van der Waals surface area contributed by atoms with Gasteiger partial charge >= 0.3 is 0 Å². The van der Waals surface area contributed by atoms with Crippen molar-refractivity contribution < 1.29 is 14.1 Å². The molecule has 3 aromatic rings. The maximum atomic E-state index is 12.1. The minimum Gasteiger partial charge on any atom is -0.497 e. The number of hydrogen-bond donors (Lipinski definition) is 2. The van der Waals surface area contributed by atoms with Crippen LogP contribution in [0.4, 0.5) is 5.82 Å². The Kier molecular flexibility index (Phi) is 5.25. The second-order valence-electron chi connectivity index (χ2n) is 7.21. The van der Waals surface area contributed by atoms with Gasteiger partial charge in [0.25, 0.3) is 0 Å². The number of aryl methyl sites for hydroxylation is 1. The average Bonchev–Trinajstić information content (AvgIpc) is 3.29. The van der Waals surface area contributed by atoms with Gasteiger partial charge in [-0.25, -0.2) is 0 Å². The molecule has 0 spiro atoms. The van der Waals surface area contributed by atoms with E-state index in [1.54, 1.807) is 7.11 Å². The molecule has 0 bridgehead atoms. The molecule has 8 heteroatoms. The molecular weight excluding hydrogens is 346 g/mol. The van der Waals surface area contributed by atoms with Crippen molar-refractivity contribution in [1.82, 2.24) is 20.3 Å². The number of rotatable bonds is 6. The number of nitrogens with zero attached hydrogens (tertiary/aromatic N) is 3. The Bertz CT molecular complexity index is 906. The van der Waals surface area contributed by atoms with Crippen LogP contribution in [0, 0.1) is 0 Å². The molecule has 0 atom stereocenters. The molecule has 8 nitrogen and oxygen atoms in total. The van der Waals surface area contributed by atoms with E-state index in [-0.39, 0.29) is 17.7 Å².